The van der Waals surface area contributed by atoms with Gasteiger partial charge in [0.15, 0.2) is 0 Å². The minimum atomic E-state index is -0.282. The summed E-state index contributed by atoms with van der Waals surface area (Å²) in [7, 11) is 0. The molecule has 1 aliphatic heterocycles. The summed E-state index contributed by atoms with van der Waals surface area (Å²) in [6, 6.07) is 13.2. The predicted octanol–water partition coefficient (Wildman–Crippen LogP) is 4.30. The van der Waals surface area contributed by atoms with Crippen LogP contribution in [0.4, 0.5) is 14.9 Å². The van der Waals surface area contributed by atoms with Gasteiger partial charge in [0.05, 0.1) is 19.1 Å². The minimum absolute atomic E-state index is 0.0475. The van der Waals surface area contributed by atoms with E-state index in [9.17, 15) is 14.0 Å². The van der Waals surface area contributed by atoms with E-state index >= 15 is 0 Å². The van der Waals surface area contributed by atoms with Gasteiger partial charge in [-0.05, 0) is 55.2 Å². The summed E-state index contributed by atoms with van der Waals surface area (Å²) in [6.07, 6.45) is 1.98. The maximum atomic E-state index is 13.1. The van der Waals surface area contributed by atoms with E-state index in [2.05, 4.69) is 5.32 Å². The van der Waals surface area contributed by atoms with Gasteiger partial charge in [-0.3, -0.25) is 4.79 Å². The first-order valence-electron chi connectivity index (χ1n) is 9.14. The smallest absolute Gasteiger partial charge is 0.322 e. The molecule has 2 aromatic carbocycles. The van der Waals surface area contributed by atoms with Gasteiger partial charge < -0.3 is 15.0 Å². The van der Waals surface area contributed by atoms with Gasteiger partial charge in [0, 0.05) is 12.2 Å². The number of anilines is 1. The highest BCUT2D eigenvalue weighted by atomic mass is 19.1. The largest absolute Gasteiger partial charge is 0.466 e. The molecular weight excluding hydrogens is 347 g/mol. The number of esters is 1. The number of halogens is 1. The fraction of sp³-hybridized carbons (Fsp3) is 0.333. The average molecular weight is 370 g/mol. The molecule has 0 aliphatic carbocycles. The predicted molar refractivity (Wildman–Crippen MR) is 101 cm³/mol. The van der Waals surface area contributed by atoms with E-state index in [1.54, 1.807) is 48.2 Å². The van der Waals surface area contributed by atoms with Crippen LogP contribution in [0.3, 0.4) is 0 Å². The SMILES string of the molecule is CCOC(=O)Cc1ccc(NC(=O)N2CCC[C@@H]2c2ccc(F)cc2)cc1. The van der Waals surface area contributed by atoms with Gasteiger partial charge in [0.25, 0.3) is 0 Å². The fourth-order valence-corrected chi connectivity index (χ4v) is 3.32. The molecule has 1 N–H and O–H groups in total. The molecule has 1 atom stereocenters. The number of likely N-dealkylation sites (tertiary alicyclic amines) is 1. The van der Waals surface area contributed by atoms with Crippen molar-refractivity contribution >= 4 is 17.7 Å². The van der Waals surface area contributed by atoms with Crippen LogP contribution in [0.2, 0.25) is 0 Å². The Labute approximate surface area is 158 Å². The molecule has 1 fully saturated rings. The van der Waals surface area contributed by atoms with Crippen LogP contribution in [-0.4, -0.2) is 30.1 Å². The summed E-state index contributed by atoms with van der Waals surface area (Å²) >= 11 is 0. The molecule has 1 aliphatic rings. The second-order valence-corrected chi connectivity index (χ2v) is 6.51. The van der Waals surface area contributed by atoms with Crippen molar-refractivity contribution in [2.45, 2.75) is 32.2 Å². The van der Waals surface area contributed by atoms with Crippen molar-refractivity contribution in [2.24, 2.45) is 0 Å². The Hall–Kier alpha value is -2.89. The molecule has 1 saturated heterocycles. The van der Waals surface area contributed by atoms with E-state index in [-0.39, 0.29) is 30.3 Å². The summed E-state index contributed by atoms with van der Waals surface area (Å²) in [4.78, 5) is 26.0. The van der Waals surface area contributed by atoms with Crippen LogP contribution in [0.25, 0.3) is 0 Å². The Morgan fingerprint density at radius 3 is 2.52 bits per heavy atom. The summed E-state index contributed by atoms with van der Waals surface area (Å²) in [5, 5.41) is 2.90. The van der Waals surface area contributed by atoms with Crippen molar-refractivity contribution in [3.63, 3.8) is 0 Å². The molecule has 0 spiro atoms. The maximum absolute atomic E-state index is 13.1. The van der Waals surface area contributed by atoms with Gasteiger partial charge in [0.1, 0.15) is 5.82 Å². The summed E-state index contributed by atoms with van der Waals surface area (Å²) in [6.45, 7) is 2.79. The number of ether oxygens (including phenoxy) is 1. The third kappa shape index (κ3) is 4.84. The fourth-order valence-electron chi connectivity index (χ4n) is 3.32. The van der Waals surface area contributed by atoms with E-state index < -0.39 is 0 Å². The highest BCUT2D eigenvalue weighted by Crippen LogP contribution is 2.32. The molecule has 2 aromatic rings. The topological polar surface area (TPSA) is 58.6 Å². The van der Waals surface area contributed by atoms with Crippen molar-refractivity contribution in [3.8, 4) is 0 Å². The van der Waals surface area contributed by atoms with E-state index in [0.717, 1.165) is 24.0 Å². The Morgan fingerprint density at radius 2 is 1.85 bits per heavy atom. The normalized spacial score (nSPS) is 16.2. The Balaban J connectivity index is 1.62. The van der Waals surface area contributed by atoms with Gasteiger partial charge in [-0.25, -0.2) is 9.18 Å². The number of benzene rings is 2. The van der Waals surface area contributed by atoms with Gasteiger partial charge in [-0.1, -0.05) is 24.3 Å². The van der Waals surface area contributed by atoms with Crippen LogP contribution >= 0.6 is 0 Å². The molecule has 0 aromatic heterocycles. The lowest BCUT2D eigenvalue weighted by molar-refractivity contribution is -0.142. The third-order valence-electron chi connectivity index (χ3n) is 4.63. The Bertz CT molecular complexity index is 790. The number of amides is 2. The first-order valence-corrected chi connectivity index (χ1v) is 9.14. The number of hydrogen-bond acceptors (Lipinski definition) is 3. The number of nitrogens with zero attached hydrogens (tertiary/aromatic N) is 1. The number of urea groups is 1. The molecule has 5 nitrogen and oxygen atoms in total. The lowest BCUT2D eigenvalue weighted by atomic mass is 10.0. The Kier molecular flexibility index (Phi) is 6.06. The number of rotatable bonds is 5. The van der Waals surface area contributed by atoms with E-state index in [1.807, 2.05) is 0 Å². The van der Waals surface area contributed by atoms with Crippen LogP contribution in [0, 0.1) is 5.82 Å². The number of nitrogens with one attached hydrogen (secondary N) is 1. The summed E-state index contributed by atoms with van der Waals surface area (Å²) in [5.41, 5.74) is 2.43. The summed E-state index contributed by atoms with van der Waals surface area (Å²) in [5.74, 6) is -0.552. The van der Waals surface area contributed by atoms with Crippen LogP contribution < -0.4 is 5.32 Å². The second-order valence-electron chi connectivity index (χ2n) is 6.51. The average Bonchev–Trinajstić information content (AvgIpc) is 3.14. The van der Waals surface area contributed by atoms with Crippen molar-refractivity contribution in [1.82, 2.24) is 4.90 Å². The lowest BCUT2D eigenvalue weighted by Crippen LogP contribution is -2.34. The molecule has 142 valence electrons. The number of carbonyl (C=O) groups is 2. The molecule has 0 radical (unpaired) electrons. The minimum Gasteiger partial charge on any atom is -0.466 e. The van der Waals surface area contributed by atoms with E-state index in [4.69, 9.17) is 4.74 Å². The van der Waals surface area contributed by atoms with E-state index in [0.29, 0.717) is 18.8 Å². The maximum Gasteiger partial charge on any atom is 0.322 e. The van der Waals surface area contributed by atoms with Crippen LogP contribution in [-0.2, 0) is 16.0 Å². The first-order chi connectivity index (χ1) is 13.1. The standard InChI is InChI=1S/C21H23FN2O3/c1-2-27-20(25)14-15-5-11-18(12-6-15)23-21(26)24-13-3-4-19(24)16-7-9-17(22)10-8-16/h5-12,19H,2-4,13-14H2,1H3,(H,23,26)/t19-/m1/s1. The number of carbonyl (C=O) groups excluding carboxylic acids is 2. The third-order valence-corrected chi connectivity index (χ3v) is 4.63. The number of hydrogen-bond donors (Lipinski definition) is 1. The molecule has 0 saturated carbocycles. The van der Waals surface area contributed by atoms with Crippen molar-refractivity contribution < 1.29 is 18.7 Å². The second kappa shape index (κ2) is 8.66. The molecule has 3 rings (SSSR count). The molecule has 2 amide bonds. The highest BCUT2D eigenvalue weighted by Gasteiger charge is 2.30. The quantitative estimate of drug-likeness (QED) is 0.799. The molecule has 6 heteroatoms. The molecule has 27 heavy (non-hydrogen) atoms. The van der Waals surface area contributed by atoms with Crippen LogP contribution in [0.1, 0.15) is 36.9 Å². The monoisotopic (exact) mass is 370 g/mol. The van der Waals surface area contributed by atoms with Crippen molar-refractivity contribution in [2.75, 3.05) is 18.5 Å². The first kappa shape index (κ1) is 18.9. The zero-order valence-electron chi connectivity index (χ0n) is 15.3. The lowest BCUT2D eigenvalue weighted by Gasteiger charge is -2.25. The molecular formula is C21H23FN2O3. The van der Waals surface area contributed by atoms with Gasteiger partial charge in [0.2, 0.25) is 0 Å². The van der Waals surface area contributed by atoms with Crippen LogP contribution in [0.15, 0.2) is 48.5 Å². The van der Waals surface area contributed by atoms with Crippen molar-refractivity contribution in [1.29, 1.82) is 0 Å². The van der Waals surface area contributed by atoms with Crippen molar-refractivity contribution in [3.05, 3.63) is 65.5 Å². The zero-order valence-corrected chi connectivity index (χ0v) is 15.3. The molecule has 0 bridgehead atoms. The van der Waals surface area contributed by atoms with E-state index in [1.165, 1.54) is 12.1 Å². The zero-order chi connectivity index (χ0) is 19.2. The summed E-state index contributed by atoms with van der Waals surface area (Å²) < 4.78 is 18.1. The van der Waals surface area contributed by atoms with Crippen LogP contribution in [0.5, 0.6) is 0 Å². The van der Waals surface area contributed by atoms with Gasteiger partial charge in [-0.15, -0.1) is 0 Å². The van der Waals surface area contributed by atoms with Gasteiger partial charge >= 0.3 is 12.0 Å². The van der Waals surface area contributed by atoms with Gasteiger partial charge in [-0.2, -0.15) is 0 Å². The molecule has 1 heterocycles. The Morgan fingerprint density at radius 1 is 1.15 bits per heavy atom. The highest BCUT2D eigenvalue weighted by molar-refractivity contribution is 5.90. The molecule has 0 unspecified atom stereocenters.